The molecule has 7 nitrogen and oxygen atoms in total. The molecule has 0 atom stereocenters. The zero-order valence-electron chi connectivity index (χ0n) is 16.4. The summed E-state index contributed by atoms with van der Waals surface area (Å²) in [5.74, 6) is -0.0335. The van der Waals surface area contributed by atoms with Crippen molar-refractivity contribution >= 4 is 28.3 Å². The SMILES string of the molecule is COCCNS(=O)(=O)c1cccc(CNC(=O)CC2(CN)CCCCC2)c1.Cl. The van der Waals surface area contributed by atoms with Crippen LogP contribution in [0.4, 0.5) is 0 Å². The second kappa shape index (κ2) is 11.7. The van der Waals surface area contributed by atoms with Crippen LogP contribution in [0.1, 0.15) is 44.1 Å². The molecule has 1 aromatic carbocycles. The van der Waals surface area contributed by atoms with Crippen molar-refractivity contribution < 1.29 is 17.9 Å². The Morgan fingerprint density at radius 3 is 2.61 bits per heavy atom. The van der Waals surface area contributed by atoms with Crippen LogP contribution in [-0.2, 0) is 26.1 Å². The maximum Gasteiger partial charge on any atom is 0.240 e. The highest BCUT2D eigenvalue weighted by Crippen LogP contribution is 2.38. The van der Waals surface area contributed by atoms with Gasteiger partial charge in [-0.25, -0.2) is 13.1 Å². The minimum absolute atomic E-state index is 0. The highest BCUT2D eigenvalue weighted by atomic mass is 35.5. The quantitative estimate of drug-likeness (QED) is 0.488. The van der Waals surface area contributed by atoms with Gasteiger partial charge in [-0.2, -0.15) is 0 Å². The highest BCUT2D eigenvalue weighted by Gasteiger charge is 2.32. The number of sulfonamides is 1. The van der Waals surface area contributed by atoms with E-state index in [1.807, 2.05) is 0 Å². The van der Waals surface area contributed by atoms with Crippen LogP contribution >= 0.6 is 12.4 Å². The molecule has 1 aromatic rings. The predicted octanol–water partition coefficient (Wildman–Crippen LogP) is 1.95. The van der Waals surface area contributed by atoms with Crippen LogP contribution in [-0.4, -0.2) is 41.1 Å². The van der Waals surface area contributed by atoms with Gasteiger partial charge >= 0.3 is 0 Å². The first-order valence-electron chi connectivity index (χ1n) is 9.45. The number of ether oxygens (including phenoxy) is 1. The van der Waals surface area contributed by atoms with E-state index in [9.17, 15) is 13.2 Å². The number of benzene rings is 1. The zero-order chi connectivity index (χ0) is 19.8. The van der Waals surface area contributed by atoms with Crippen molar-refractivity contribution in [1.29, 1.82) is 0 Å². The normalized spacial score (nSPS) is 16.2. The maximum atomic E-state index is 12.4. The van der Waals surface area contributed by atoms with Gasteiger partial charge in [0.2, 0.25) is 15.9 Å². The van der Waals surface area contributed by atoms with Crippen molar-refractivity contribution in [3.05, 3.63) is 29.8 Å². The summed E-state index contributed by atoms with van der Waals surface area (Å²) in [6, 6.07) is 6.59. The van der Waals surface area contributed by atoms with E-state index in [1.165, 1.54) is 19.6 Å². The molecule has 0 bridgehead atoms. The molecule has 4 N–H and O–H groups in total. The Balaban J connectivity index is 0.00000392. The molecular weight excluding hydrogens is 402 g/mol. The summed E-state index contributed by atoms with van der Waals surface area (Å²) < 4.78 is 31.9. The summed E-state index contributed by atoms with van der Waals surface area (Å²) in [5, 5.41) is 2.91. The number of amides is 1. The van der Waals surface area contributed by atoms with Crippen LogP contribution in [0.5, 0.6) is 0 Å². The number of halogens is 1. The lowest BCUT2D eigenvalue weighted by Crippen LogP contribution is -2.38. The van der Waals surface area contributed by atoms with Gasteiger partial charge in [-0.05, 0) is 42.5 Å². The fourth-order valence-corrected chi connectivity index (χ4v) is 4.63. The summed E-state index contributed by atoms with van der Waals surface area (Å²) in [6.07, 6.45) is 5.89. The Bertz CT molecular complexity index is 722. The van der Waals surface area contributed by atoms with Gasteiger partial charge in [0.05, 0.1) is 11.5 Å². The standard InChI is InChI=1S/C19H31N3O4S.ClH/c1-26-11-10-22-27(24,25)17-7-5-6-16(12-17)14-21-18(23)13-19(15-20)8-3-2-4-9-19;/h5-7,12,22H,2-4,8-11,13-15,20H2,1H3,(H,21,23);1H. The van der Waals surface area contributed by atoms with Crippen LogP contribution < -0.4 is 15.8 Å². The van der Waals surface area contributed by atoms with Crippen LogP contribution in [0.3, 0.4) is 0 Å². The van der Waals surface area contributed by atoms with Crippen LogP contribution in [0.25, 0.3) is 0 Å². The first-order valence-corrected chi connectivity index (χ1v) is 10.9. The second-order valence-electron chi connectivity index (χ2n) is 7.26. The molecule has 1 aliphatic carbocycles. The molecular formula is C19H32ClN3O4S. The fraction of sp³-hybridized carbons (Fsp3) is 0.632. The van der Waals surface area contributed by atoms with Crippen molar-refractivity contribution in [1.82, 2.24) is 10.0 Å². The molecule has 28 heavy (non-hydrogen) atoms. The van der Waals surface area contributed by atoms with E-state index in [0.29, 0.717) is 26.1 Å². The minimum Gasteiger partial charge on any atom is -0.383 e. The molecule has 1 amide bonds. The average molecular weight is 434 g/mol. The number of nitrogens with one attached hydrogen (secondary N) is 2. The number of rotatable bonds is 10. The topological polar surface area (TPSA) is 111 Å². The third-order valence-corrected chi connectivity index (χ3v) is 6.64. The van der Waals surface area contributed by atoms with Gasteiger partial charge in [0, 0.05) is 26.6 Å². The van der Waals surface area contributed by atoms with Crippen LogP contribution in [0, 0.1) is 5.41 Å². The molecule has 0 aliphatic heterocycles. The van der Waals surface area contributed by atoms with Gasteiger partial charge in [0.15, 0.2) is 0 Å². The molecule has 1 aliphatic rings. The summed E-state index contributed by atoms with van der Waals surface area (Å²) >= 11 is 0. The molecule has 1 fully saturated rings. The Kier molecular flexibility index (Phi) is 10.4. The molecule has 1 saturated carbocycles. The van der Waals surface area contributed by atoms with E-state index < -0.39 is 10.0 Å². The molecule has 0 unspecified atom stereocenters. The average Bonchev–Trinajstić information content (AvgIpc) is 2.67. The molecule has 0 aromatic heterocycles. The van der Waals surface area contributed by atoms with Crippen LogP contribution in [0.15, 0.2) is 29.2 Å². The van der Waals surface area contributed by atoms with Crippen molar-refractivity contribution in [2.45, 2.75) is 50.0 Å². The zero-order valence-corrected chi connectivity index (χ0v) is 18.0. The van der Waals surface area contributed by atoms with Crippen molar-refractivity contribution in [2.75, 3.05) is 26.8 Å². The van der Waals surface area contributed by atoms with E-state index in [4.69, 9.17) is 10.5 Å². The first kappa shape index (κ1) is 24.8. The van der Waals surface area contributed by atoms with Gasteiger partial charge in [-0.1, -0.05) is 31.4 Å². The van der Waals surface area contributed by atoms with E-state index in [-0.39, 0.29) is 35.2 Å². The smallest absolute Gasteiger partial charge is 0.240 e. The van der Waals surface area contributed by atoms with E-state index >= 15 is 0 Å². The third-order valence-electron chi connectivity index (χ3n) is 5.18. The number of methoxy groups -OCH3 is 1. The lowest BCUT2D eigenvalue weighted by Gasteiger charge is -2.35. The Morgan fingerprint density at radius 1 is 1.25 bits per heavy atom. The lowest BCUT2D eigenvalue weighted by molar-refractivity contribution is -0.124. The number of carbonyl (C=O) groups is 1. The molecule has 0 saturated heterocycles. The molecule has 0 spiro atoms. The Morgan fingerprint density at radius 2 is 1.96 bits per heavy atom. The second-order valence-corrected chi connectivity index (χ2v) is 9.02. The van der Waals surface area contributed by atoms with Crippen molar-refractivity contribution in [3.63, 3.8) is 0 Å². The summed E-state index contributed by atoms with van der Waals surface area (Å²) in [5.41, 5.74) is 6.60. The van der Waals surface area contributed by atoms with Crippen LogP contribution in [0.2, 0.25) is 0 Å². The molecule has 9 heteroatoms. The summed E-state index contributed by atoms with van der Waals surface area (Å²) in [7, 11) is -2.08. The summed E-state index contributed by atoms with van der Waals surface area (Å²) in [6.45, 7) is 1.33. The van der Waals surface area contributed by atoms with Gasteiger partial charge in [-0.15, -0.1) is 12.4 Å². The largest absolute Gasteiger partial charge is 0.383 e. The molecule has 0 heterocycles. The number of carbonyl (C=O) groups excluding carboxylic acids is 1. The Labute approximate surface area is 174 Å². The predicted molar refractivity (Wildman–Crippen MR) is 112 cm³/mol. The van der Waals surface area contributed by atoms with E-state index in [2.05, 4.69) is 10.0 Å². The minimum atomic E-state index is -3.59. The molecule has 160 valence electrons. The van der Waals surface area contributed by atoms with Gasteiger partial charge in [0.1, 0.15) is 0 Å². The van der Waals surface area contributed by atoms with Crippen molar-refractivity contribution in [3.8, 4) is 0 Å². The fourth-order valence-electron chi connectivity index (χ4n) is 3.54. The molecule has 0 radical (unpaired) electrons. The van der Waals surface area contributed by atoms with Crippen molar-refractivity contribution in [2.24, 2.45) is 11.1 Å². The number of hydrogen-bond donors (Lipinski definition) is 3. The number of nitrogens with two attached hydrogens (primary N) is 1. The first-order chi connectivity index (χ1) is 12.9. The highest BCUT2D eigenvalue weighted by molar-refractivity contribution is 7.89. The third kappa shape index (κ3) is 7.33. The maximum absolute atomic E-state index is 12.4. The Hall–Kier alpha value is -1.19. The monoisotopic (exact) mass is 433 g/mol. The van der Waals surface area contributed by atoms with Gasteiger partial charge in [-0.3, -0.25) is 4.79 Å². The van der Waals surface area contributed by atoms with E-state index in [0.717, 1.165) is 31.2 Å². The van der Waals surface area contributed by atoms with Gasteiger partial charge < -0.3 is 15.8 Å². The summed E-state index contributed by atoms with van der Waals surface area (Å²) in [4.78, 5) is 12.6. The van der Waals surface area contributed by atoms with E-state index in [1.54, 1.807) is 18.2 Å². The lowest BCUT2D eigenvalue weighted by atomic mass is 9.71. The molecule has 2 rings (SSSR count). The van der Waals surface area contributed by atoms with Gasteiger partial charge in [0.25, 0.3) is 0 Å². The number of hydrogen-bond acceptors (Lipinski definition) is 5.